The minimum absolute atomic E-state index is 0.0885. The summed E-state index contributed by atoms with van der Waals surface area (Å²) in [5.41, 5.74) is 6.57. The minimum atomic E-state index is -0.414. The van der Waals surface area contributed by atoms with Crippen LogP contribution in [0.3, 0.4) is 0 Å². The summed E-state index contributed by atoms with van der Waals surface area (Å²) in [6.07, 6.45) is 1.50. The molecular weight excluding hydrogens is 490 g/mol. The zero-order valence-electron chi connectivity index (χ0n) is 20.5. The molecule has 10 heteroatoms. The molecule has 0 saturated heterocycles. The zero-order chi connectivity index (χ0) is 26.2. The normalized spacial score (nSPS) is 10.9. The SMILES string of the molecule is COC(=O)c1ccc(/C=N/NC(=O)CSc2nnc(-c3ccc(OC)cc3)n2-c2ccc(C)cc2)cc1. The first-order valence-electron chi connectivity index (χ1n) is 11.3. The highest BCUT2D eigenvalue weighted by Crippen LogP contribution is 2.29. The number of ether oxygens (including phenoxy) is 2. The van der Waals surface area contributed by atoms with Crippen LogP contribution in [0.25, 0.3) is 17.1 Å². The van der Waals surface area contributed by atoms with Gasteiger partial charge in [-0.05, 0) is 61.0 Å². The number of aromatic nitrogens is 3. The fourth-order valence-electron chi connectivity index (χ4n) is 3.38. The number of hydrogen-bond acceptors (Lipinski definition) is 8. The van der Waals surface area contributed by atoms with E-state index >= 15 is 0 Å². The lowest BCUT2D eigenvalue weighted by Gasteiger charge is -2.11. The fourth-order valence-corrected chi connectivity index (χ4v) is 4.13. The summed E-state index contributed by atoms with van der Waals surface area (Å²) >= 11 is 1.26. The molecule has 188 valence electrons. The van der Waals surface area contributed by atoms with E-state index in [1.54, 1.807) is 31.4 Å². The molecule has 0 radical (unpaired) electrons. The number of rotatable bonds is 9. The van der Waals surface area contributed by atoms with Gasteiger partial charge in [0.1, 0.15) is 5.75 Å². The molecule has 9 nitrogen and oxygen atoms in total. The van der Waals surface area contributed by atoms with E-state index in [4.69, 9.17) is 4.74 Å². The van der Waals surface area contributed by atoms with Crippen LogP contribution >= 0.6 is 11.8 Å². The van der Waals surface area contributed by atoms with E-state index in [9.17, 15) is 9.59 Å². The van der Waals surface area contributed by atoms with Gasteiger partial charge in [0.25, 0.3) is 5.91 Å². The van der Waals surface area contributed by atoms with Crippen LogP contribution < -0.4 is 10.2 Å². The molecule has 1 N–H and O–H groups in total. The standard InChI is InChI=1S/C27H25N5O4S/c1-18-4-12-22(13-5-18)32-25(20-10-14-23(35-2)15-11-20)30-31-27(32)37-17-24(33)29-28-16-19-6-8-21(9-7-19)26(34)36-3/h4-16H,17H2,1-3H3,(H,29,33)/b28-16+. The first kappa shape index (κ1) is 25.6. The summed E-state index contributed by atoms with van der Waals surface area (Å²) in [4.78, 5) is 24.0. The molecule has 0 aliphatic carbocycles. The Kier molecular flexibility index (Phi) is 8.32. The Morgan fingerprint density at radius 3 is 2.32 bits per heavy atom. The summed E-state index contributed by atoms with van der Waals surface area (Å²) in [6.45, 7) is 2.02. The molecule has 0 bridgehead atoms. The zero-order valence-corrected chi connectivity index (χ0v) is 21.4. The third-order valence-corrected chi connectivity index (χ3v) is 6.27. The molecule has 0 unspecified atom stereocenters. The number of thioether (sulfide) groups is 1. The molecule has 1 aromatic heterocycles. The molecule has 1 amide bonds. The average molecular weight is 516 g/mol. The number of carbonyl (C=O) groups is 2. The van der Waals surface area contributed by atoms with Crippen molar-refractivity contribution in [3.05, 3.63) is 89.5 Å². The fraction of sp³-hybridized carbons (Fsp3) is 0.148. The minimum Gasteiger partial charge on any atom is -0.497 e. The quantitative estimate of drug-likeness (QED) is 0.153. The highest BCUT2D eigenvalue weighted by molar-refractivity contribution is 7.99. The maximum Gasteiger partial charge on any atom is 0.337 e. The number of hydrazone groups is 1. The van der Waals surface area contributed by atoms with Gasteiger partial charge in [-0.1, -0.05) is 41.6 Å². The van der Waals surface area contributed by atoms with Crippen molar-refractivity contribution in [2.45, 2.75) is 12.1 Å². The van der Waals surface area contributed by atoms with Gasteiger partial charge in [-0.2, -0.15) is 5.10 Å². The Labute approximate surface area is 218 Å². The summed E-state index contributed by atoms with van der Waals surface area (Å²) in [7, 11) is 2.95. The van der Waals surface area contributed by atoms with Gasteiger partial charge in [-0.3, -0.25) is 9.36 Å². The third kappa shape index (κ3) is 6.42. The third-order valence-electron chi connectivity index (χ3n) is 5.34. The van der Waals surface area contributed by atoms with E-state index in [0.717, 1.165) is 28.1 Å². The lowest BCUT2D eigenvalue weighted by Crippen LogP contribution is -2.20. The van der Waals surface area contributed by atoms with Gasteiger partial charge in [-0.25, -0.2) is 10.2 Å². The van der Waals surface area contributed by atoms with Crippen LogP contribution in [0.15, 0.2) is 83.1 Å². The van der Waals surface area contributed by atoms with E-state index in [2.05, 4.69) is 25.5 Å². The molecule has 0 saturated carbocycles. The van der Waals surface area contributed by atoms with Crippen molar-refractivity contribution in [2.24, 2.45) is 5.10 Å². The number of aryl methyl sites for hydroxylation is 1. The molecule has 3 aromatic carbocycles. The summed E-state index contributed by atoms with van der Waals surface area (Å²) < 4.78 is 11.9. The van der Waals surface area contributed by atoms with Crippen molar-refractivity contribution >= 4 is 29.9 Å². The number of nitrogens with zero attached hydrogens (tertiary/aromatic N) is 4. The van der Waals surface area contributed by atoms with Crippen LogP contribution in [0.2, 0.25) is 0 Å². The number of benzene rings is 3. The number of nitrogens with one attached hydrogen (secondary N) is 1. The topological polar surface area (TPSA) is 108 Å². The molecule has 4 rings (SSSR count). The van der Waals surface area contributed by atoms with Gasteiger partial charge in [0.2, 0.25) is 0 Å². The molecule has 0 spiro atoms. The Hall–Kier alpha value is -4.44. The molecular formula is C27H25N5O4S. The van der Waals surface area contributed by atoms with Crippen LogP contribution in [0.1, 0.15) is 21.5 Å². The number of hydrogen-bond donors (Lipinski definition) is 1. The van der Waals surface area contributed by atoms with Gasteiger partial charge in [0.15, 0.2) is 11.0 Å². The average Bonchev–Trinajstić information content (AvgIpc) is 3.36. The first-order valence-corrected chi connectivity index (χ1v) is 12.3. The smallest absolute Gasteiger partial charge is 0.337 e. The number of amides is 1. The lowest BCUT2D eigenvalue weighted by molar-refractivity contribution is -0.118. The summed E-state index contributed by atoms with van der Waals surface area (Å²) in [5, 5.41) is 13.3. The molecule has 37 heavy (non-hydrogen) atoms. The Morgan fingerprint density at radius 1 is 0.973 bits per heavy atom. The molecule has 1 heterocycles. The lowest BCUT2D eigenvalue weighted by atomic mass is 10.1. The predicted molar refractivity (Wildman–Crippen MR) is 142 cm³/mol. The van der Waals surface area contributed by atoms with E-state index < -0.39 is 5.97 Å². The van der Waals surface area contributed by atoms with Crippen molar-refractivity contribution in [2.75, 3.05) is 20.0 Å². The highest BCUT2D eigenvalue weighted by Gasteiger charge is 2.17. The van der Waals surface area contributed by atoms with E-state index in [-0.39, 0.29) is 11.7 Å². The number of methoxy groups -OCH3 is 2. The predicted octanol–water partition coefficient (Wildman–Crippen LogP) is 4.28. The Bertz CT molecular complexity index is 1400. The first-order chi connectivity index (χ1) is 18.0. The molecule has 0 aliphatic heterocycles. The van der Waals surface area contributed by atoms with Crippen molar-refractivity contribution < 1.29 is 19.1 Å². The largest absolute Gasteiger partial charge is 0.497 e. The van der Waals surface area contributed by atoms with Crippen molar-refractivity contribution in [3.8, 4) is 22.8 Å². The Morgan fingerprint density at radius 2 is 1.68 bits per heavy atom. The summed E-state index contributed by atoms with van der Waals surface area (Å²) in [6, 6.07) is 22.3. The van der Waals surface area contributed by atoms with Crippen molar-refractivity contribution in [3.63, 3.8) is 0 Å². The molecule has 4 aromatic rings. The van der Waals surface area contributed by atoms with Gasteiger partial charge in [-0.15, -0.1) is 10.2 Å². The van der Waals surface area contributed by atoms with Crippen molar-refractivity contribution in [1.82, 2.24) is 20.2 Å². The maximum absolute atomic E-state index is 12.5. The molecule has 0 aliphatic rings. The van der Waals surface area contributed by atoms with Crippen LogP contribution in [0, 0.1) is 6.92 Å². The summed E-state index contributed by atoms with van der Waals surface area (Å²) in [5.74, 6) is 0.782. The Balaban J connectivity index is 1.46. The van der Waals surface area contributed by atoms with Crippen LogP contribution in [-0.2, 0) is 9.53 Å². The van der Waals surface area contributed by atoms with Gasteiger partial charge in [0.05, 0.1) is 31.8 Å². The van der Waals surface area contributed by atoms with Crippen molar-refractivity contribution in [1.29, 1.82) is 0 Å². The second-order valence-corrected chi connectivity index (χ2v) is 8.84. The number of esters is 1. The van der Waals surface area contributed by atoms with Gasteiger partial charge >= 0.3 is 5.97 Å². The van der Waals surface area contributed by atoms with Crippen LogP contribution in [-0.4, -0.2) is 52.8 Å². The molecule has 0 atom stereocenters. The van der Waals surface area contributed by atoms with Crippen LogP contribution in [0.4, 0.5) is 0 Å². The van der Waals surface area contributed by atoms with Crippen LogP contribution in [0.5, 0.6) is 5.75 Å². The second kappa shape index (κ2) is 12.0. The highest BCUT2D eigenvalue weighted by atomic mass is 32.2. The second-order valence-electron chi connectivity index (χ2n) is 7.90. The van der Waals surface area contributed by atoms with E-state index in [1.807, 2.05) is 60.0 Å². The van der Waals surface area contributed by atoms with Gasteiger partial charge < -0.3 is 9.47 Å². The van der Waals surface area contributed by atoms with E-state index in [1.165, 1.54) is 25.1 Å². The van der Waals surface area contributed by atoms with E-state index in [0.29, 0.717) is 16.5 Å². The maximum atomic E-state index is 12.5. The van der Waals surface area contributed by atoms with Gasteiger partial charge in [0, 0.05) is 11.3 Å². The monoisotopic (exact) mass is 515 g/mol. The molecule has 0 fully saturated rings. The number of carbonyl (C=O) groups excluding carboxylic acids is 2.